The Kier molecular flexibility index (Phi) is 4.07. The molecule has 1 aromatic heterocycles. The Morgan fingerprint density at radius 3 is 3.25 bits per heavy atom. The van der Waals surface area contributed by atoms with E-state index < -0.39 is 0 Å². The lowest BCUT2D eigenvalue weighted by Crippen LogP contribution is -2.13. The maximum absolute atomic E-state index is 5.31. The van der Waals surface area contributed by atoms with Crippen LogP contribution in [0.25, 0.3) is 0 Å². The van der Waals surface area contributed by atoms with E-state index in [1.54, 1.807) is 6.08 Å². The number of ether oxygens (including phenoxy) is 1. The third-order valence-corrected chi connectivity index (χ3v) is 2.57. The number of nitrogens with one attached hydrogen (secondary N) is 1. The van der Waals surface area contributed by atoms with Gasteiger partial charge in [0.25, 0.3) is 0 Å². The van der Waals surface area contributed by atoms with Gasteiger partial charge in [-0.05, 0) is 12.3 Å². The van der Waals surface area contributed by atoms with Crippen molar-refractivity contribution >= 4 is 0 Å². The Morgan fingerprint density at radius 1 is 1.56 bits per heavy atom. The van der Waals surface area contributed by atoms with Gasteiger partial charge in [-0.15, -0.1) is 6.58 Å². The van der Waals surface area contributed by atoms with Crippen molar-refractivity contribution in [1.82, 2.24) is 15.5 Å². The number of hydrogen-bond acceptors (Lipinski definition) is 5. The summed E-state index contributed by atoms with van der Waals surface area (Å²) in [6.07, 6.45) is 3.75. The molecule has 0 amide bonds. The molecule has 2 rings (SSSR count). The van der Waals surface area contributed by atoms with Crippen molar-refractivity contribution in [2.24, 2.45) is 5.92 Å². The average molecular weight is 223 g/mol. The molecule has 0 radical (unpaired) electrons. The van der Waals surface area contributed by atoms with Crippen molar-refractivity contribution in [2.75, 3.05) is 19.8 Å². The minimum atomic E-state index is 0.548. The molecule has 5 nitrogen and oxygen atoms in total. The topological polar surface area (TPSA) is 60.2 Å². The van der Waals surface area contributed by atoms with Gasteiger partial charge in [-0.3, -0.25) is 0 Å². The molecule has 1 aliphatic heterocycles. The third kappa shape index (κ3) is 3.15. The average Bonchev–Trinajstić information content (AvgIpc) is 2.91. The second-order valence-corrected chi connectivity index (χ2v) is 3.96. The molecule has 1 fully saturated rings. The summed E-state index contributed by atoms with van der Waals surface area (Å²) in [4.78, 5) is 4.32. The van der Waals surface area contributed by atoms with Crippen LogP contribution in [0.15, 0.2) is 17.2 Å². The van der Waals surface area contributed by atoms with Gasteiger partial charge in [-0.2, -0.15) is 4.98 Å². The molecular weight excluding hydrogens is 206 g/mol. The number of aromatic nitrogens is 2. The summed E-state index contributed by atoms with van der Waals surface area (Å²) in [5, 5.41) is 7.07. The normalized spacial score (nSPS) is 20.1. The summed E-state index contributed by atoms with van der Waals surface area (Å²) in [5.74, 6) is 1.97. The van der Waals surface area contributed by atoms with Crippen LogP contribution in [0.4, 0.5) is 0 Å². The highest BCUT2D eigenvalue weighted by Gasteiger charge is 2.18. The van der Waals surface area contributed by atoms with Gasteiger partial charge in [-0.25, -0.2) is 0 Å². The van der Waals surface area contributed by atoms with Crippen LogP contribution < -0.4 is 5.32 Å². The predicted molar refractivity (Wildman–Crippen MR) is 58.8 cm³/mol. The van der Waals surface area contributed by atoms with Crippen molar-refractivity contribution in [3.8, 4) is 0 Å². The van der Waals surface area contributed by atoms with Crippen LogP contribution in [0.3, 0.4) is 0 Å². The van der Waals surface area contributed by atoms with E-state index in [4.69, 9.17) is 9.26 Å². The maximum Gasteiger partial charge on any atom is 0.240 e. The second-order valence-electron chi connectivity index (χ2n) is 3.96. The van der Waals surface area contributed by atoms with Crippen molar-refractivity contribution in [3.05, 3.63) is 24.4 Å². The summed E-state index contributed by atoms with van der Waals surface area (Å²) >= 11 is 0. The van der Waals surface area contributed by atoms with Crippen molar-refractivity contribution < 1.29 is 9.26 Å². The molecule has 1 N–H and O–H groups in total. The summed E-state index contributed by atoms with van der Waals surface area (Å²) in [7, 11) is 0. The molecule has 1 saturated heterocycles. The molecule has 16 heavy (non-hydrogen) atoms. The van der Waals surface area contributed by atoms with Crippen molar-refractivity contribution in [3.63, 3.8) is 0 Å². The lowest BCUT2D eigenvalue weighted by Gasteiger charge is -2.00. The van der Waals surface area contributed by atoms with E-state index in [2.05, 4.69) is 22.0 Å². The lowest BCUT2D eigenvalue weighted by molar-refractivity contribution is 0.185. The first-order chi connectivity index (χ1) is 7.88. The van der Waals surface area contributed by atoms with Crippen LogP contribution in [0.2, 0.25) is 0 Å². The van der Waals surface area contributed by atoms with E-state index in [1.165, 1.54) is 0 Å². The fourth-order valence-electron chi connectivity index (χ4n) is 1.73. The number of rotatable bonds is 6. The number of nitrogens with zero attached hydrogens (tertiary/aromatic N) is 2. The second kappa shape index (κ2) is 5.77. The van der Waals surface area contributed by atoms with Gasteiger partial charge in [0.2, 0.25) is 5.89 Å². The van der Waals surface area contributed by atoms with E-state index in [0.717, 1.165) is 38.4 Å². The molecule has 5 heteroatoms. The number of hydrogen-bond donors (Lipinski definition) is 1. The summed E-state index contributed by atoms with van der Waals surface area (Å²) < 4.78 is 10.4. The molecule has 1 unspecified atom stereocenters. The van der Waals surface area contributed by atoms with Gasteiger partial charge in [0.15, 0.2) is 5.82 Å². The van der Waals surface area contributed by atoms with E-state index >= 15 is 0 Å². The Bertz CT molecular complexity index is 332. The molecule has 88 valence electrons. The Labute approximate surface area is 94.9 Å². The van der Waals surface area contributed by atoms with Crippen molar-refractivity contribution in [1.29, 1.82) is 0 Å². The van der Waals surface area contributed by atoms with Crippen LogP contribution in [-0.4, -0.2) is 29.9 Å². The zero-order valence-corrected chi connectivity index (χ0v) is 9.32. The van der Waals surface area contributed by atoms with Crippen LogP contribution in [0, 0.1) is 5.92 Å². The van der Waals surface area contributed by atoms with Gasteiger partial charge in [-0.1, -0.05) is 11.2 Å². The largest absolute Gasteiger partial charge is 0.381 e. The fraction of sp³-hybridized carbons (Fsp3) is 0.636. The molecule has 1 atom stereocenters. The first-order valence-corrected chi connectivity index (χ1v) is 5.59. The minimum Gasteiger partial charge on any atom is -0.381 e. The molecule has 0 saturated carbocycles. The molecule has 0 bridgehead atoms. The molecule has 2 heterocycles. The maximum atomic E-state index is 5.31. The zero-order chi connectivity index (χ0) is 11.2. The summed E-state index contributed by atoms with van der Waals surface area (Å²) in [6.45, 7) is 6.64. The fourth-order valence-corrected chi connectivity index (χ4v) is 1.73. The Hall–Kier alpha value is -1.20. The van der Waals surface area contributed by atoms with E-state index in [9.17, 15) is 0 Å². The summed E-state index contributed by atoms with van der Waals surface area (Å²) in [5.41, 5.74) is 0. The SMILES string of the molecule is C=CCNCc1nc(CC2CCOC2)no1. The predicted octanol–water partition coefficient (Wildman–Crippen LogP) is 0.924. The van der Waals surface area contributed by atoms with Crippen LogP contribution in [0.1, 0.15) is 18.1 Å². The molecule has 1 aromatic rings. The van der Waals surface area contributed by atoms with Gasteiger partial charge < -0.3 is 14.6 Å². The van der Waals surface area contributed by atoms with Crippen molar-refractivity contribution in [2.45, 2.75) is 19.4 Å². The van der Waals surface area contributed by atoms with Gasteiger partial charge in [0.05, 0.1) is 6.54 Å². The lowest BCUT2D eigenvalue weighted by atomic mass is 10.1. The van der Waals surface area contributed by atoms with Gasteiger partial charge in [0.1, 0.15) is 0 Å². The monoisotopic (exact) mass is 223 g/mol. The van der Waals surface area contributed by atoms with Gasteiger partial charge >= 0.3 is 0 Å². The third-order valence-electron chi connectivity index (χ3n) is 2.57. The van der Waals surface area contributed by atoms with Crippen LogP contribution in [0.5, 0.6) is 0 Å². The Morgan fingerprint density at radius 2 is 2.50 bits per heavy atom. The first-order valence-electron chi connectivity index (χ1n) is 5.59. The summed E-state index contributed by atoms with van der Waals surface area (Å²) in [6, 6.07) is 0. The molecule has 0 spiro atoms. The molecular formula is C11H17N3O2. The molecule has 0 aromatic carbocycles. The highest BCUT2D eigenvalue weighted by molar-refractivity contribution is 4.89. The zero-order valence-electron chi connectivity index (χ0n) is 9.32. The van der Waals surface area contributed by atoms with E-state index in [1.807, 2.05) is 0 Å². The quantitative estimate of drug-likeness (QED) is 0.574. The van der Waals surface area contributed by atoms with E-state index in [0.29, 0.717) is 18.4 Å². The Balaban J connectivity index is 1.79. The highest BCUT2D eigenvalue weighted by Crippen LogP contribution is 2.16. The van der Waals surface area contributed by atoms with Crippen LogP contribution in [-0.2, 0) is 17.7 Å². The first kappa shape index (κ1) is 11.3. The molecule has 1 aliphatic rings. The van der Waals surface area contributed by atoms with E-state index in [-0.39, 0.29) is 0 Å². The molecule has 0 aliphatic carbocycles. The smallest absolute Gasteiger partial charge is 0.240 e. The van der Waals surface area contributed by atoms with Crippen LogP contribution >= 0.6 is 0 Å². The standard InChI is InChI=1S/C11H17N3O2/c1-2-4-12-7-11-13-10(14-16-11)6-9-3-5-15-8-9/h2,9,12H,1,3-8H2. The minimum absolute atomic E-state index is 0.548. The highest BCUT2D eigenvalue weighted by atomic mass is 16.5. The van der Waals surface area contributed by atoms with Gasteiger partial charge in [0, 0.05) is 26.2 Å².